The number of benzene rings is 1. The quantitative estimate of drug-likeness (QED) is 0.812. The van der Waals surface area contributed by atoms with Crippen molar-refractivity contribution >= 4 is 43.0 Å². The maximum atomic E-state index is 13.2. The van der Waals surface area contributed by atoms with Crippen LogP contribution < -0.4 is 10.5 Å². The van der Waals surface area contributed by atoms with Crippen LogP contribution in [0.3, 0.4) is 0 Å². The molecule has 0 amide bonds. The summed E-state index contributed by atoms with van der Waals surface area (Å²) in [6.07, 6.45) is 0. The molecule has 0 bridgehead atoms. The van der Waals surface area contributed by atoms with Crippen molar-refractivity contribution in [2.45, 2.75) is 11.4 Å². The molecule has 0 spiro atoms. The Morgan fingerprint density at radius 2 is 2.21 bits per heavy atom. The Balaban J connectivity index is 2.27. The van der Waals surface area contributed by atoms with E-state index in [1.165, 1.54) is 11.3 Å². The van der Waals surface area contributed by atoms with Gasteiger partial charge < -0.3 is 5.73 Å². The lowest BCUT2D eigenvalue weighted by Crippen LogP contribution is -2.24. The molecule has 1 aromatic heterocycles. The van der Waals surface area contributed by atoms with Crippen LogP contribution in [0.2, 0.25) is 0 Å². The van der Waals surface area contributed by atoms with Crippen LogP contribution in [0, 0.1) is 5.82 Å². The molecular formula is C10H9BrFN3O2S2. The standard InChI is InChI=1S/C10H9BrFN3O2S2/c11-7-1-10(9(13)2-8(7)12)19(16,17)15-3-6-4-18-5-14-6/h1-2,4-5,15H,3,13H2. The van der Waals surface area contributed by atoms with Gasteiger partial charge in [-0.1, -0.05) is 0 Å². The summed E-state index contributed by atoms with van der Waals surface area (Å²) in [6.45, 7) is 0.0558. The van der Waals surface area contributed by atoms with Gasteiger partial charge in [0.25, 0.3) is 0 Å². The molecule has 9 heteroatoms. The average Bonchev–Trinajstić information content (AvgIpc) is 2.84. The largest absolute Gasteiger partial charge is 0.398 e. The van der Waals surface area contributed by atoms with E-state index in [1.807, 2.05) is 0 Å². The van der Waals surface area contributed by atoms with Crippen LogP contribution in [0.15, 0.2) is 32.4 Å². The zero-order valence-corrected chi connectivity index (χ0v) is 12.6. The Hall–Kier alpha value is -1.03. The van der Waals surface area contributed by atoms with E-state index < -0.39 is 15.8 Å². The molecule has 1 heterocycles. The zero-order chi connectivity index (χ0) is 14.0. The van der Waals surface area contributed by atoms with Gasteiger partial charge in [-0.25, -0.2) is 22.5 Å². The van der Waals surface area contributed by atoms with Gasteiger partial charge in [-0.15, -0.1) is 11.3 Å². The fourth-order valence-corrected chi connectivity index (χ4v) is 3.54. The summed E-state index contributed by atoms with van der Waals surface area (Å²) >= 11 is 4.29. The highest BCUT2D eigenvalue weighted by atomic mass is 79.9. The van der Waals surface area contributed by atoms with Crippen molar-refractivity contribution in [2.24, 2.45) is 0 Å². The van der Waals surface area contributed by atoms with Gasteiger partial charge >= 0.3 is 0 Å². The maximum absolute atomic E-state index is 13.2. The summed E-state index contributed by atoms with van der Waals surface area (Å²) in [4.78, 5) is 3.79. The average molecular weight is 366 g/mol. The van der Waals surface area contributed by atoms with Gasteiger partial charge in [0, 0.05) is 5.38 Å². The molecule has 0 aliphatic carbocycles. The van der Waals surface area contributed by atoms with Crippen molar-refractivity contribution in [1.82, 2.24) is 9.71 Å². The normalized spacial score (nSPS) is 11.7. The number of halogens is 2. The molecule has 0 unspecified atom stereocenters. The third-order valence-corrected chi connectivity index (χ3v) is 4.97. The molecule has 0 radical (unpaired) electrons. The lowest BCUT2D eigenvalue weighted by atomic mass is 10.3. The number of aromatic nitrogens is 1. The van der Waals surface area contributed by atoms with Crippen molar-refractivity contribution in [3.05, 3.63) is 39.0 Å². The minimum Gasteiger partial charge on any atom is -0.398 e. The second kappa shape index (κ2) is 5.53. The van der Waals surface area contributed by atoms with Crippen molar-refractivity contribution in [3.63, 3.8) is 0 Å². The Bertz CT molecular complexity index is 689. The number of rotatable bonds is 4. The van der Waals surface area contributed by atoms with Gasteiger partial charge in [-0.3, -0.25) is 0 Å². The Morgan fingerprint density at radius 1 is 1.47 bits per heavy atom. The predicted octanol–water partition coefficient (Wildman–Crippen LogP) is 2.11. The van der Waals surface area contributed by atoms with Crippen molar-refractivity contribution in [3.8, 4) is 0 Å². The summed E-state index contributed by atoms with van der Waals surface area (Å²) in [5.74, 6) is -0.615. The minimum absolute atomic E-state index is 0.0377. The summed E-state index contributed by atoms with van der Waals surface area (Å²) in [7, 11) is -3.81. The highest BCUT2D eigenvalue weighted by Crippen LogP contribution is 2.26. The molecule has 0 aliphatic heterocycles. The molecule has 0 fully saturated rings. The minimum atomic E-state index is -3.81. The van der Waals surface area contributed by atoms with Gasteiger partial charge in [-0.05, 0) is 28.1 Å². The van der Waals surface area contributed by atoms with E-state index in [4.69, 9.17) is 5.73 Å². The smallest absolute Gasteiger partial charge is 0.243 e. The van der Waals surface area contributed by atoms with Crippen molar-refractivity contribution in [2.75, 3.05) is 5.73 Å². The Labute approximate surface area is 121 Å². The number of hydrogen-bond acceptors (Lipinski definition) is 5. The fourth-order valence-electron chi connectivity index (χ4n) is 1.35. The highest BCUT2D eigenvalue weighted by molar-refractivity contribution is 9.10. The predicted molar refractivity (Wildman–Crippen MR) is 74.7 cm³/mol. The summed E-state index contributed by atoms with van der Waals surface area (Å²) in [6, 6.07) is 2.09. The SMILES string of the molecule is Nc1cc(F)c(Br)cc1S(=O)(=O)NCc1cscn1. The van der Waals surface area contributed by atoms with Crippen LogP contribution in [0.25, 0.3) is 0 Å². The molecule has 1 aromatic carbocycles. The van der Waals surface area contributed by atoms with Crippen LogP contribution in [0.4, 0.5) is 10.1 Å². The van der Waals surface area contributed by atoms with Crippen LogP contribution in [0.1, 0.15) is 5.69 Å². The first-order chi connectivity index (χ1) is 8.90. The summed E-state index contributed by atoms with van der Waals surface area (Å²) in [5.41, 5.74) is 7.59. The van der Waals surface area contributed by atoms with E-state index in [1.54, 1.807) is 10.9 Å². The van der Waals surface area contributed by atoms with E-state index >= 15 is 0 Å². The first-order valence-electron chi connectivity index (χ1n) is 5.01. The lowest BCUT2D eigenvalue weighted by Gasteiger charge is -2.09. The molecule has 3 N–H and O–H groups in total. The van der Waals surface area contributed by atoms with Gasteiger partial charge in [0.1, 0.15) is 10.7 Å². The second-order valence-electron chi connectivity index (χ2n) is 3.61. The molecule has 5 nitrogen and oxygen atoms in total. The molecule has 0 aliphatic rings. The number of hydrogen-bond donors (Lipinski definition) is 2. The highest BCUT2D eigenvalue weighted by Gasteiger charge is 2.19. The number of anilines is 1. The topological polar surface area (TPSA) is 85.1 Å². The fraction of sp³-hybridized carbons (Fsp3) is 0.100. The lowest BCUT2D eigenvalue weighted by molar-refractivity contribution is 0.580. The number of nitrogens with zero attached hydrogens (tertiary/aromatic N) is 1. The van der Waals surface area contributed by atoms with Gasteiger partial charge in [-0.2, -0.15) is 0 Å². The number of nitrogen functional groups attached to an aromatic ring is 1. The van der Waals surface area contributed by atoms with Crippen LogP contribution in [-0.4, -0.2) is 13.4 Å². The Kier molecular flexibility index (Phi) is 4.19. The van der Waals surface area contributed by atoms with Crippen LogP contribution in [0.5, 0.6) is 0 Å². The molecule has 0 saturated heterocycles. The van der Waals surface area contributed by atoms with E-state index in [9.17, 15) is 12.8 Å². The number of thiazole rings is 1. The number of nitrogens with two attached hydrogens (primary N) is 1. The summed E-state index contributed by atoms with van der Waals surface area (Å²) < 4.78 is 39.7. The van der Waals surface area contributed by atoms with E-state index in [2.05, 4.69) is 25.6 Å². The molecular weight excluding hydrogens is 357 g/mol. The van der Waals surface area contributed by atoms with E-state index in [-0.39, 0.29) is 21.6 Å². The summed E-state index contributed by atoms with van der Waals surface area (Å²) in [5, 5.41) is 1.73. The molecule has 2 aromatic rings. The van der Waals surface area contributed by atoms with E-state index in [0.29, 0.717) is 5.69 Å². The first kappa shape index (κ1) is 14.4. The third kappa shape index (κ3) is 3.30. The van der Waals surface area contributed by atoms with Crippen molar-refractivity contribution < 1.29 is 12.8 Å². The van der Waals surface area contributed by atoms with Crippen LogP contribution in [-0.2, 0) is 16.6 Å². The molecule has 2 rings (SSSR count). The first-order valence-corrected chi connectivity index (χ1v) is 8.23. The maximum Gasteiger partial charge on any atom is 0.243 e. The number of sulfonamides is 1. The molecule has 0 atom stereocenters. The number of nitrogens with one attached hydrogen (secondary N) is 1. The molecule has 102 valence electrons. The second-order valence-corrected chi connectivity index (χ2v) is 6.92. The van der Waals surface area contributed by atoms with Gasteiger partial charge in [0.05, 0.1) is 27.9 Å². The van der Waals surface area contributed by atoms with E-state index in [0.717, 1.165) is 12.1 Å². The van der Waals surface area contributed by atoms with Gasteiger partial charge in [0.2, 0.25) is 10.0 Å². The zero-order valence-electron chi connectivity index (χ0n) is 9.43. The van der Waals surface area contributed by atoms with Crippen molar-refractivity contribution in [1.29, 1.82) is 0 Å². The molecule has 19 heavy (non-hydrogen) atoms. The van der Waals surface area contributed by atoms with Gasteiger partial charge in [0.15, 0.2) is 0 Å². The monoisotopic (exact) mass is 365 g/mol. The third-order valence-electron chi connectivity index (χ3n) is 2.27. The molecule has 0 saturated carbocycles. The Morgan fingerprint density at radius 3 is 2.84 bits per heavy atom. The van der Waals surface area contributed by atoms with Crippen LogP contribution >= 0.6 is 27.3 Å².